The molecule has 6 heteroatoms. The van der Waals surface area contributed by atoms with E-state index in [1.54, 1.807) is 13.2 Å². The van der Waals surface area contributed by atoms with Gasteiger partial charge in [0.1, 0.15) is 5.75 Å². The minimum Gasteiger partial charge on any atom is -0.497 e. The second-order valence-electron chi connectivity index (χ2n) is 6.09. The second kappa shape index (κ2) is 7.86. The number of ether oxygens (including phenoxy) is 1. The molecule has 27 heavy (non-hydrogen) atoms. The Kier molecular flexibility index (Phi) is 5.35. The Bertz CT molecular complexity index is 974. The number of nitrogens with two attached hydrogens (primary N) is 1. The molecule has 0 aliphatic rings. The summed E-state index contributed by atoms with van der Waals surface area (Å²) in [4.78, 5) is 11.8. The summed E-state index contributed by atoms with van der Waals surface area (Å²) in [7, 11) is 1.64. The molecule has 2 amide bonds. The average Bonchev–Trinajstić information content (AvgIpc) is 2.98. The van der Waals surface area contributed by atoms with E-state index in [-0.39, 0.29) is 6.03 Å². The summed E-state index contributed by atoms with van der Waals surface area (Å²) in [6, 6.07) is 13.3. The fraction of sp³-hybridized carbons (Fsp3) is 0.190. The van der Waals surface area contributed by atoms with Crippen molar-refractivity contribution in [1.29, 1.82) is 0 Å². The number of carbonyl (C=O) groups is 1. The zero-order chi connectivity index (χ0) is 19.4. The van der Waals surface area contributed by atoms with Crippen molar-refractivity contribution in [1.82, 2.24) is 9.88 Å². The van der Waals surface area contributed by atoms with Crippen molar-refractivity contribution in [2.75, 3.05) is 24.7 Å². The first-order valence-electron chi connectivity index (χ1n) is 8.81. The first kappa shape index (κ1) is 18.4. The third-order valence-electron chi connectivity index (χ3n) is 4.45. The lowest BCUT2D eigenvalue weighted by molar-refractivity contribution is 0.253. The number of nitrogens with zero attached hydrogens (tertiary/aromatic N) is 1. The molecule has 0 fully saturated rings. The van der Waals surface area contributed by atoms with Gasteiger partial charge in [0.2, 0.25) is 0 Å². The third-order valence-corrected chi connectivity index (χ3v) is 4.45. The van der Waals surface area contributed by atoms with E-state index in [4.69, 9.17) is 10.5 Å². The van der Waals surface area contributed by atoms with Crippen molar-refractivity contribution >= 4 is 28.3 Å². The van der Waals surface area contributed by atoms with E-state index in [0.29, 0.717) is 12.2 Å². The van der Waals surface area contributed by atoms with Crippen molar-refractivity contribution in [3.05, 3.63) is 55.1 Å². The van der Waals surface area contributed by atoms with Gasteiger partial charge in [0.05, 0.1) is 24.0 Å². The van der Waals surface area contributed by atoms with Gasteiger partial charge in [-0.2, -0.15) is 0 Å². The predicted octanol–water partition coefficient (Wildman–Crippen LogP) is 4.23. The summed E-state index contributed by atoms with van der Waals surface area (Å²) < 4.78 is 7.51. The van der Waals surface area contributed by atoms with Crippen LogP contribution in [-0.4, -0.2) is 24.3 Å². The molecule has 3 rings (SSSR count). The van der Waals surface area contributed by atoms with Gasteiger partial charge < -0.3 is 25.7 Å². The van der Waals surface area contributed by atoms with Gasteiger partial charge in [-0.05, 0) is 37.3 Å². The molecule has 0 saturated heterocycles. The number of nitrogens with one attached hydrogen (secondary N) is 2. The Hall–Kier alpha value is -3.41. The van der Waals surface area contributed by atoms with Gasteiger partial charge in [0, 0.05) is 29.7 Å². The Balaban J connectivity index is 1.96. The molecule has 0 radical (unpaired) electrons. The van der Waals surface area contributed by atoms with Crippen LogP contribution in [0.1, 0.15) is 6.92 Å². The third kappa shape index (κ3) is 3.60. The molecule has 0 unspecified atom stereocenters. The zero-order valence-corrected chi connectivity index (χ0v) is 15.6. The van der Waals surface area contributed by atoms with Gasteiger partial charge >= 0.3 is 6.03 Å². The standard InChI is InChI=1S/C21H24N4O2/c1-4-12-23-21(26)24-15-8-6-14(7-9-15)20-19(22)17-13-16(27-3)10-11-18(17)25(20)5-2/h4,6-11,13H,1,5,12,22H2,2-3H3,(H2,23,24,26). The Morgan fingerprint density at radius 2 is 2.00 bits per heavy atom. The van der Waals surface area contributed by atoms with Crippen LogP contribution in [-0.2, 0) is 6.54 Å². The fourth-order valence-corrected chi connectivity index (χ4v) is 3.18. The SMILES string of the molecule is C=CCNC(=O)Nc1ccc(-c2c(N)c3cc(OC)ccc3n2CC)cc1. The number of benzene rings is 2. The molecule has 0 spiro atoms. The minimum absolute atomic E-state index is 0.267. The minimum atomic E-state index is -0.267. The maximum Gasteiger partial charge on any atom is 0.319 e. The fourth-order valence-electron chi connectivity index (χ4n) is 3.18. The van der Waals surface area contributed by atoms with Crippen molar-refractivity contribution in [3.63, 3.8) is 0 Å². The van der Waals surface area contributed by atoms with E-state index in [0.717, 1.165) is 40.1 Å². The Morgan fingerprint density at radius 3 is 2.63 bits per heavy atom. The number of methoxy groups -OCH3 is 1. The molecular formula is C21H24N4O2. The van der Waals surface area contributed by atoms with Crippen LogP contribution in [0.5, 0.6) is 5.75 Å². The number of urea groups is 1. The summed E-state index contributed by atoms with van der Waals surface area (Å²) in [6.45, 7) is 6.87. The lowest BCUT2D eigenvalue weighted by Crippen LogP contribution is -2.28. The number of fused-ring (bicyclic) bond motifs is 1. The van der Waals surface area contributed by atoms with E-state index in [9.17, 15) is 4.79 Å². The van der Waals surface area contributed by atoms with Crippen molar-refractivity contribution in [2.45, 2.75) is 13.5 Å². The van der Waals surface area contributed by atoms with Gasteiger partial charge in [-0.25, -0.2) is 4.79 Å². The quantitative estimate of drug-likeness (QED) is 0.573. The van der Waals surface area contributed by atoms with Crippen LogP contribution in [0.15, 0.2) is 55.1 Å². The topological polar surface area (TPSA) is 81.3 Å². The molecule has 0 atom stereocenters. The molecule has 4 N–H and O–H groups in total. The number of aryl methyl sites for hydroxylation is 1. The number of amides is 2. The molecule has 2 aromatic carbocycles. The highest BCUT2D eigenvalue weighted by atomic mass is 16.5. The molecule has 0 bridgehead atoms. The monoisotopic (exact) mass is 364 g/mol. The summed E-state index contributed by atoms with van der Waals surface area (Å²) in [5.41, 5.74) is 10.9. The summed E-state index contributed by atoms with van der Waals surface area (Å²) >= 11 is 0. The highest BCUT2D eigenvalue weighted by molar-refractivity contribution is 6.01. The Labute approximate surface area is 158 Å². The van der Waals surface area contributed by atoms with Crippen LogP contribution < -0.4 is 21.1 Å². The lowest BCUT2D eigenvalue weighted by atomic mass is 10.1. The highest BCUT2D eigenvalue weighted by Crippen LogP contribution is 2.38. The molecule has 0 aliphatic carbocycles. The maximum atomic E-state index is 11.8. The first-order valence-corrected chi connectivity index (χ1v) is 8.81. The van der Waals surface area contributed by atoms with E-state index in [1.807, 2.05) is 42.5 Å². The molecule has 6 nitrogen and oxygen atoms in total. The maximum absolute atomic E-state index is 11.8. The van der Waals surface area contributed by atoms with Crippen LogP contribution in [0.3, 0.4) is 0 Å². The summed E-state index contributed by atoms with van der Waals surface area (Å²) in [6.07, 6.45) is 1.63. The normalized spacial score (nSPS) is 10.6. The van der Waals surface area contributed by atoms with Gasteiger partial charge in [-0.1, -0.05) is 18.2 Å². The molecule has 0 aliphatic heterocycles. The van der Waals surface area contributed by atoms with Crippen LogP contribution in [0.25, 0.3) is 22.2 Å². The van der Waals surface area contributed by atoms with Gasteiger partial charge in [0.15, 0.2) is 0 Å². The van der Waals surface area contributed by atoms with Gasteiger partial charge in [0.25, 0.3) is 0 Å². The molecule has 140 valence electrons. The molecule has 1 aromatic heterocycles. The largest absolute Gasteiger partial charge is 0.497 e. The molecule has 3 aromatic rings. The van der Waals surface area contributed by atoms with E-state index in [1.165, 1.54) is 0 Å². The van der Waals surface area contributed by atoms with Crippen LogP contribution in [0.2, 0.25) is 0 Å². The smallest absolute Gasteiger partial charge is 0.319 e. The van der Waals surface area contributed by atoms with Crippen LogP contribution >= 0.6 is 0 Å². The lowest BCUT2D eigenvalue weighted by Gasteiger charge is -2.11. The first-order chi connectivity index (χ1) is 13.1. The van der Waals surface area contributed by atoms with Gasteiger partial charge in [-0.3, -0.25) is 0 Å². The summed E-state index contributed by atoms with van der Waals surface area (Å²) in [5.74, 6) is 0.777. The highest BCUT2D eigenvalue weighted by Gasteiger charge is 2.16. The Morgan fingerprint density at radius 1 is 1.26 bits per heavy atom. The molecule has 0 saturated carbocycles. The second-order valence-corrected chi connectivity index (χ2v) is 6.09. The predicted molar refractivity (Wildman–Crippen MR) is 111 cm³/mol. The van der Waals surface area contributed by atoms with Crippen LogP contribution in [0.4, 0.5) is 16.2 Å². The van der Waals surface area contributed by atoms with Crippen molar-refractivity contribution in [2.24, 2.45) is 0 Å². The number of anilines is 2. The van der Waals surface area contributed by atoms with E-state index >= 15 is 0 Å². The zero-order valence-electron chi connectivity index (χ0n) is 15.6. The molecular weight excluding hydrogens is 340 g/mol. The average molecular weight is 364 g/mol. The summed E-state index contributed by atoms with van der Waals surface area (Å²) in [5, 5.41) is 6.44. The molecule has 1 heterocycles. The van der Waals surface area contributed by atoms with Crippen molar-refractivity contribution in [3.8, 4) is 17.0 Å². The number of hydrogen-bond acceptors (Lipinski definition) is 3. The van der Waals surface area contributed by atoms with Crippen molar-refractivity contribution < 1.29 is 9.53 Å². The van der Waals surface area contributed by atoms with E-state index in [2.05, 4.69) is 28.7 Å². The number of aromatic nitrogens is 1. The number of carbonyl (C=O) groups excluding carboxylic acids is 1. The number of hydrogen-bond donors (Lipinski definition) is 3. The van der Waals surface area contributed by atoms with E-state index < -0.39 is 0 Å². The number of nitrogen functional groups attached to an aromatic ring is 1. The van der Waals surface area contributed by atoms with Crippen LogP contribution in [0, 0.1) is 0 Å². The number of rotatable bonds is 6. The van der Waals surface area contributed by atoms with Gasteiger partial charge in [-0.15, -0.1) is 6.58 Å².